The van der Waals surface area contributed by atoms with E-state index in [-0.39, 0.29) is 22.2 Å². The van der Waals surface area contributed by atoms with E-state index in [4.69, 9.17) is 16.3 Å². The molecule has 2 aromatic heterocycles. The smallest absolute Gasteiger partial charge is 0.270 e. The zero-order valence-electron chi connectivity index (χ0n) is 19.2. The van der Waals surface area contributed by atoms with E-state index in [0.29, 0.717) is 49.8 Å². The molecule has 184 valence electrons. The first-order valence-corrected chi connectivity index (χ1v) is 11.6. The Morgan fingerprint density at radius 3 is 2.56 bits per heavy atom. The van der Waals surface area contributed by atoms with Gasteiger partial charge in [0.1, 0.15) is 12.1 Å². The maximum atomic E-state index is 13.0. The zero-order valence-corrected chi connectivity index (χ0v) is 20.0. The molecule has 0 radical (unpaired) electrons. The molecule has 1 fully saturated rings. The highest BCUT2D eigenvalue weighted by molar-refractivity contribution is 6.33. The Hall–Kier alpha value is -4.32. The van der Waals surface area contributed by atoms with Gasteiger partial charge in [-0.3, -0.25) is 14.9 Å². The summed E-state index contributed by atoms with van der Waals surface area (Å²) in [5.41, 5.74) is 1.83. The fourth-order valence-corrected chi connectivity index (χ4v) is 4.27. The van der Waals surface area contributed by atoms with Crippen LogP contribution in [0.15, 0.2) is 48.8 Å². The molecule has 0 bridgehead atoms. The van der Waals surface area contributed by atoms with Crippen molar-refractivity contribution in [1.29, 1.82) is 0 Å². The first-order valence-electron chi connectivity index (χ1n) is 11.2. The number of carbonyl (C=O) groups excluding carboxylic acids is 1. The summed E-state index contributed by atoms with van der Waals surface area (Å²) in [7, 11) is 0. The molecule has 13 heteroatoms. The molecule has 5 rings (SSSR count). The van der Waals surface area contributed by atoms with Gasteiger partial charge in [-0.25, -0.2) is 9.97 Å². The average Bonchev–Trinajstić information content (AvgIpc) is 3.34. The Morgan fingerprint density at radius 2 is 1.86 bits per heavy atom. The van der Waals surface area contributed by atoms with Gasteiger partial charge in [-0.1, -0.05) is 16.8 Å². The Bertz CT molecular complexity index is 1430. The molecule has 0 N–H and O–H groups in total. The summed E-state index contributed by atoms with van der Waals surface area (Å²) >= 11 is 6.16. The Kier molecular flexibility index (Phi) is 6.34. The van der Waals surface area contributed by atoms with Crippen LogP contribution in [0.1, 0.15) is 17.3 Å². The van der Waals surface area contributed by atoms with Gasteiger partial charge in [-0.2, -0.15) is 4.68 Å². The first kappa shape index (κ1) is 23.4. The average molecular weight is 509 g/mol. The fraction of sp³-hybridized carbons (Fsp3) is 0.261. The number of nitro benzene ring substituents is 1. The molecule has 0 aliphatic carbocycles. The standard InChI is InChI=1S/C23H21ClN8O4/c1-2-36-17-6-3-15(4-7-17)31-22-20(27-28-31)21(25-14-26-22)29-9-11-30(12-10-29)23(33)18-13-16(32(34)35)5-8-19(18)24/h3-8,13-14H,2,9-12H2,1H3. The lowest BCUT2D eigenvalue weighted by Crippen LogP contribution is -2.49. The Morgan fingerprint density at radius 1 is 1.11 bits per heavy atom. The van der Waals surface area contributed by atoms with Gasteiger partial charge in [0.15, 0.2) is 17.0 Å². The summed E-state index contributed by atoms with van der Waals surface area (Å²) in [6.07, 6.45) is 1.46. The van der Waals surface area contributed by atoms with Crippen molar-refractivity contribution in [3.63, 3.8) is 0 Å². The number of fused-ring (bicyclic) bond motifs is 1. The molecule has 1 aliphatic heterocycles. The number of rotatable bonds is 6. The van der Waals surface area contributed by atoms with Crippen LogP contribution in [0.4, 0.5) is 11.5 Å². The van der Waals surface area contributed by atoms with E-state index in [1.807, 2.05) is 36.1 Å². The van der Waals surface area contributed by atoms with E-state index in [9.17, 15) is 14.9 Å². The molecule has 12 nitrogen and oxygen atoms in total. The van der Waals surface area contributed by atoms with Gasteiger partial charge < -0.3 is 14.5 Å². The second-order valence-corrected chi connectivity index (χ2v) is 8.41. The number of anilines is 1. The SMILES string of the molecule is CCOc1ccc(-n2nnc3c(N4CCN(C(=O)c5cc([N+](=O)[O-])ccc5Cl)CC4)ncnc32)cc1. The second-order valence-electron chi connectivity index (χ2n) is 8.00. The number of hydrogen-bond acceptors (Lipinski definition) is 9. The van der Waals surface area contributed by atoms with Gasteiger partial charge in [0.25, 0.3) is 11.6 Å². The van der Waals surface area contributed by atoms with Crippen LogP contribution in [-0.4, -0.2) is 73.5 Å². The highest BCUT2D eigenvalue weighted by atomic mass is 35.5. The summed E-state index contributed by atoms with van der Waals surface area (Å²) in [5.74, 6) is 1.04. The van der Waals surface area contributed by atoms with Crippen molar-refractivity contribution < 1.29 is 14.5 Å². The minimum atomic E-state index is -0.550. The van der Waals surface area contributed by atoms with Crippen LogP contribution in [0, 0.1) is 10.1 Å². The molecule has 4 aromatic rings. The van der Waals surface area contributed by atoms with Crippen LogP contribution in [0.5, 0.6) is 5.75 Å². The van der Waals surface area contributed by atoms with Gasteiger partial charge in [0.05, 0.1) is 27.8 Å². The van der Waals surface area contributed by atoms with Gasteiger partial charge in [-0.05, 0) is 37.3 Å². The van der Waals surface area contributed by atoms with Crippen molar-refractivity contribution in [1.82, 2.24) is 29.9 Å². The van der Waals surface area contributed by atoms with Crippen LogP contribution in [0.25, 0.3) is 16.9 Å². The van der Waals surface area contributed by atoms with Crippen LogP contribution >= 0.6 is 11.6 Å². The third-order valence-corrected chi connectivity index (χ3v) is 6.20. The third kappa shape index (κ3) is 4.38. The largest absolute Gasteiger partial charge is 0.494 e. The number of nitrogens with zero attached hydrogens (tertiary/aromatic N) is 8. The summed E-state index contributed by atoms with van der Waals surface area (Å²) in [5, 5.41) is 19.9. The number of carbonyl (C=O) groups is 1. The molecule has 0 saturated carbocycles. The van der Waals surface area contributed by atoms with Crippen molar-refractivity contribution in [2.45, 2.75) is 6.92 Å². The quantitative estimate of drug-likeness (QED) is 0.284. The van der Waals surface area contributed by atoms with Crippen LogP contribution in [0.3, 0.4) is 0 Å². The third-order valence-electron chi connectivity index (χ3n) is 5.87. The number of hydrogen-bond donors (Lipinski definition) is 0. The lowest BCUT2D eigenvalue weighted by Gasteiger charge is -2.35. The van der Waals surface area contributed by atoms with Crippen molar-refractivity contribution in [3.8, 4) is 11.4 Å². The van der Waals surface area contributed by atoms with E-state index in [0.717, 1.165) is 11.4 Å². The minimum Gasteiger partial charge on any atom is -0.494 e. The van der Waals surface area contributed by atoms with Crippen molar-refractivity contribution >= 4 is 40.2 Å². The molecule has 36 heavy (non-hydrogen) atoms. The summed E-state index contributed by atoms with van der Waals surface area (Å²) in [6.45, 7) is 4.25. The lowest BCUT2D eigenvalue weighted by atomic mass is 10.1. The summed E-state index contributed by atoms with van der Waals surface area (Å²) in [4.78, 5) is 36.0. The number of aromatic nitrogens is 5. The van der Waals surface area contributed by atoms with Crippen LogP contribution in [0.2, 0.25) is 5.02 Å². The van der Waals surface area contributed by atoms with Crippen LogP contribution < -0.4 is 9.64 Å². The number of piperazine rings is 1. The molecule has 1 aliphatic rings. The highest BCUT2D eigenvalue weighted by Crippen LogP contribution is 2.27. The number of nitro groups is 1. The van der Waals surface area contributed by atoms with E-state index < -0.39 is 4.92 Å². The zero-order chi connectivity index (χ0) is 25.2. The van der Waals surface area contributed by atoms with Gasteiger partial charge in [0.2, 0.25) is 0 Å². The van der Waals surface area contributed by atoms with Gasteiger partial charge in [0, 0.05) is 38.3 Å². The van der Waals surface area contributed by atoms with Crippen molar-refractivity contribution in [2.24, 2.45) is 0 Å². The number of amides is 1. The maximum Gasteiger partial charge on any atom is 0.270 e. The predicted molar refractivity (Wildman–Crippen MR) is 132 cm³/mol. The first-order chi connectivity index (χ1) is 17.5. The fourth-order valence-electron chi connectivity index (χ4n) is 4.07. The summed E-state index contributed by atoms with van der Waals surface area (Å²) in [6, 6.07) is 11.3. The van der Waals surface area contributed by atoms with E-state index in [1.165, 1.54) is 24.5 Å². The van der Waals surface area contributed by atoms with Crippen molar-refractivity contribution in [2.75, 3.05) is 37.7 Å². The van der Waals surface area contributed by atoms with Crippen molar-refractivity contribution in [3.05, 3.63) is 69.5 Å². The molecule has 0 unspecified atom stereocenters. The number of halogens is 1. The van der Waals surface area contributed by atoms with E-state index in [1.54, 1.807) is 9.58 Å². The number of benzene rings is 2. The summed E-state index contributed by atoms with van der Waals surface area (Å²) < 4.78 is 7.14. The normalized spacial score (nSPS) is 13.7. The molecular weight excluding hydrogens is 488 g/mol. The maximum absolute atomic E-state index is 13.0. The second kappa shape index (κ2) is 9.74. The molecular formula is C23H21ClN8O4. The Balaban J connectivity index is 1.34. The molecule has 0 spiro atoms. The number of non-ortho nitro benzene ring substituents is 1. The monoisotopic (exact) mass is 508 g/mol. The molecule has 0 atom stereocenters. The van der Waals surface area contributed by atoms with Gasteiger partial charge >= 0.3 is 0 Å². The van der Waals surface area contributed by atoms with E-state index in [2.05, 4.69) is 20.3 Å². The predicted octanol–water partition coefficient (Wildman–Crippen LogP) is 3.13. The van der Waals surface area contributed by atoms with Gasteiger partial charge in [-0.15, -0.1) is 5.10 Å². The molecule has 2 aromatic carbocycles. The minimum absolute atomic E-state index is 0.113. The molecule has 1 saturated heterocycles. The topological polar surface area (TPSA) is 132 Å². The molecule has 1 amide bonds. The van der Waals surface area contributed by atoms with E-state index >= 15 is 0 Å². The Labute approximate surface area is 210 Å². The van der Waals surface area contributed by atoms with Crippen LogP contribution in [-0.2, 0) is 0 Å². The highest BCUT2D eigenvalue weighted by Gasteiger charge is 2.27. The number of ether oxygens (including phenoxy) is 1. The molecule has 3 heterocycles. The lowest BCUT2D eigenvalue weighted by molar-refractivity contribution is -0.384.